The predicted molar refractivity (Wildman–Crippen MR) is 83.7 cm³/mol. The maximum Gasteiger partial charge on any atom is 0.106 e. The Morgan fingerprint density at radius 2 is 2.17 bits per heavy atom. The van der Waals surface area contributed by atoms with Crippen molar-refractivity contribution in [2.75, 3.05) is 5.32 Å². The summed E-state index contributed by atoms with van der Waals surface area (Å²) in [6.07, 6.45) is 0. The van der Waals surface area contributed by atoms with Gasteiger partial charge in [-0.05, 0) is 37.3 Å². The summed E-state index contributed by atoms with van der Waals surface area (Å²) in [6.45, 7) is 2.85. The molecule has 94 valence electrons. The van der Waals surface area contributed by atoms with Crippen molar-refractivity contribution in [3.8, 4) is 0 Å². The first kappa shape index (κ1) is 13.3. The van der Waals surface area contributed by atoms with Crippen LogP contribution < -0.4 is 11.1 Å². The highest BCUT2D eigenvalue weighted by Gasteiger charge is 2.06. The third kappa shape index (κ3) is 3.22. The van der Waals surface area contributed by atoms with Crippen molar-refractivity contribution in [3.63, 3.8) is 0 Å². The first-order valence-corrected chi connectivity index (χ1v) is 7.05. The average molecular weight is 297 g/mol. The number of hydrogen-bond acceptors (Lipinski definition) is 3. The van der Waals surface area contributed by atoms with E-state index in [1.807, 2.05) is 12.1 Å². The van der Waals surface area contributed by atoms with Crippen molar-refractivity contribution in [2.45, 2.75) is 13.5 Å². The number of thiocarbonyl (C=S) groups is 1. The quantitative estimate of drug-likeness (QED) is 0.839. The number of rotatable bonds is 4. The molecule has 1 aromatic heterocycles. The van der Waals surface area contributed by atoms with Gasteiger partial charge >= 0.3 is 0 Å². The Balaban J connectivity index is 2.16. The van der Waals surface area contributed by atoms with E-state index in [4.69, 9.17) is 29.6 Å². The Morgan fingerprint density at radius 3 is 2.78 bits per heavy atom. The number of anilines is 1. The SMILES string of the molecule is Cc1ccc(CNc2ccc(Cl)cc2C(N)=S)s1. The van der Waals surface area contributed by atoms with Crippen molar-refractivity contribution >= 4 is 45.8 Å². The zero-order chi connectivity index (χ0) is 13.1. The van der Waals surface area contributed by atoms with Gasteiger partial charge in [0.2, 0.25) is 0 Å². The van der Waals surface area contributed by atoms with E-state index in [-0.39, 0.29) is 0 Å². The van der Waals surface area contributed by atoms with E-state index in [9.17, 15) is 0 Å². The van der Waals surface area contributed by atoms with Crippen LogP contribution in [0.1, 0.15) is 15.3 Å². The Kier molecular flexibility index (Phi) is 4.22. The molecular formula is C13H13ClN2S2. The van der Waals surface area contributed by atoms with E-state index in [0.717, 1.165) is 17.8 Å². The molecule has 0 radical (unpaired) electrons. The fourth-order valence-corrected chi connectivity index (χ4v) is 2.81. The Hall–Kier alpha value is -1.10. The minimum absolute atomic E-state index is 0.349. The first-order valence-electron chi connectivity index (χ1n) is 5.45. The maximum absolute atomic E-state index is 5.94. The van der Waals surface area contributed by atoms with Crippen molar-refractivity contribution < 1.29 is 0 Å². The summed E-state index contributed by atoms with van der Waals surface area (Å²) in [7, 11) is 0. The van der Waals surface area contributed by atoms with Gasteiger partial charge in [-0.1, -0.05) is 23.8 Å². The molecule has 0 saturated heterocycles. The molecule has 2 rings (SSSR count). The standard InChI is InChI=1S/C13H13ClN2S2/c1-8-2-4-10(18-8)7-16-12-5-3-9(14)6-11(12)13(15)17/h2-6,16H,7H2,1H3,(H2,15,17). The number of hydrogen-bond donors (Lipinski definition) is 2. The highest BCUT2D eigenvalue weighted by molar-refractivity contribution is 7.80. The molecule has 2 nitrogen and oxygen atoms in total. The van der Waals surface area contributed by atoms with Crippen LogP contribution in [0.2, 0.25) is 5.02 Å². The highest BCUT2D eigenvalue weighted by atomic mass is 35.5. The Morgan fingerprint density at radius 1 is 1.39 bits per heavy atom. The second kappa shape index (κ2) is 5.69. The normalized spacial score (nSPS) is 10.3. The molecule has 1 heterocycles. The summed E-state index contributed by atoms with van der Waals surface area (Å²) in [5.74, 6) is 0. The molecule has 0 fully saturated rings. The number of benzene rings is 1. The van der Waals surface area contributed by atoms with Crippen LogP contribution in [0.3, 0.4) is 0 Å². The second-order valence-electron chi connectivity index (χ2n) is 3.92. The molecule has 0 bridgehead atoms. The molecule has 0 saturated carbocycles. The lowest BCUT2D eigenvalue weighted by atomic mass is 10.1. The minimum atomic E-state index is 0.349. The lowest BCUT2D eigenvalue weighted by Crippen LogP contribution is -2.13. The van der Waals surface area contributed by atoms with Crippen LogP contribution in [-0.4, -0.2) is 4.99 Å². The van der Waals surface area contributed by atoms with Gasteiger partial charge in [0.25, 0.3) is 0 Å². The van der Waals surface area contributed by atoms with Crippen LogP contribution in [0, 0.1) is 6.92 Å². The van der Waals surface area contributed by atoms with Gasteiger partial charge in [0.1, 0.15) is 4.99 Å². The van der Waals surface area contributed by atoms with E-state index in [0.29, 0.717) is 10.0 Å². The largest absolute Gasteiger partial charge is 0.389 e. The van der Waals surface area contributed by atoms with Gasteiger partial charge in [0.15, 0.2) is 0 Å². The highest BCUT2D eigenvalue weighted by Crippen LogP contribution is 2.22. The summed E-state index contributed by atoms with van der Waals surface area (Å²) in [6, 6.07) is 9.73. The second-order valence-corrected chi connectivity index (χ2v) is 6.17. The van der Waals surface area contributed by atoms with Crippen LogP contribution in [0.5, 0.6) is 0 Å². The maximum atomic E-state index is 5.94. The number of thiophene rings is 1. The molecule has 0 aliphatic carbocycles. The summed E-state index contributed by atoms with van der Waals surface area (Å²) in [5.41, 5.74) is 7.39. The smallest absolute Gasteiger partial charge is 0.106 e. The summed E-state index contributed by atoms with van der Waals surface area (Å²) >= 11 is 12.7. The van der Waals surface area contributed by atoms with Gasteiger partial charge in [0, 0.05) is 32.6 Å². The van der Waals surface area contributed by atoms with Gasteiger partial charge in [-0.15, -0.1) is 11.3 Å². The van der Waals surface area contributed by atoms with E-state index < -0.39 is 0 Å². The predicted octanol–water partition coefficient (Wildman–Crippen LogP) is 3.96. The molecule has 0 amide bonds. The molecule has 0 unspecified atom stereocenters. The van der Waals surface area contributed by atoms with Gasteiger partial charge in [0.05, 0.1) is 0 Å². The molecule has 0 spiro atoms. The number of aryl methyl sites for hydroxylation is 1. The van der Waals surface area contributed by atoms with Gasteiger partial charge in [-0.2, -0.15) is 0 Å². The fraction of sp³-hybridized carbons (Fsp3) is 0.154. The van der Waals surface area contributed by atoms with E-state index in [1.165, 1.54) is 9.75 Å². The molecular weight excluding hydrogens is 284 g/mol. The molecule has 0 aliphatic heterocycles. The Bertz CT molecular complexity index is 578. The molecule has 0 atom stereocenters. The molecule has 5 heteroatoms. The lowest BCUT2D eigenvalue weighted by Gasteiger charge is -2.10. The number of halogens is 1. The van der Waals surface area contributed by atoms with Gasteiger partial charge < -0.3 is 11.1 Å². The monoisotopic (exact) mass is 296 g/mol. The van der Waals surface area contributed by atoms with Crippen molar-refractivity contribution in [1.82, 2.24) is 0 Å². The van der Waals surface area contributed by atoms with Crippen LogP contribution in [-0.2, 0) is 6.54 Å². The molecule has 1 aromatic carbocycles. The van der Waals surface area contributed by atoms with E-state index in [2.05, 4.69) is 24.4 Å². The molecule has 2 aromatic rings. The Labute approximate surface area is 121 Å². The molecule has 3 N–H and O–H groups in total. The van der Waals surface area contributed by atoms with Gasteiger partial charge in [-0.25, -0.2) is 0 Å². The number of nitrogens with two attached hydrogens (primary N) is 1. The van der Waals surface area contributed by atoms with Crippen LogP contribution in [0.4, 0.5) is 5.69 Å². The van der Waals surface area contributed by atoms with E-state index >= 15 is 0 Å². The molecule has 18 heavy (non-hydrogen) atoms. The zero-order valence-electron chi connectivity index (χ0n) is 9.87. The summed E-state index contributed by atoms with van der Waals surface area (Å²) < 4.78 is 0. The zero-order valence-corrected chi connectivity index (χ0v) is 12.3. The van der Waals surface area contributed by atoms with Crippen molar-refractivity contribution in [3.05, 3.63) is 50.7 Å². The fourth-order valence-electron chi connectivity index (χ4n) is 1.64. The third-order valence-electron chi connectivity index (χ3n) is 2.50. The molecule has 0 aliphatic rings. The summed E-state index contributed by atoms with van der Waals surface area (Å²) in [5, 5.41) is 3.97. The topological polar surface area (TPSA) is 38.0 Å². The van der Waals surface area contributed by atoms with E-state index in [1.54, 1.807) is 17.4 Å². The number of nitrogens with one attached hydrogen (secondary N) is 1. The summed E-state index contributed by atoms with van der Waals surface area (Å²) in [4.78, 5) is 2.93. The minimum Gasteiger partial charge on any atom is -0.389 e. The average Bonchev–Trinajstić information content (AvgIpc) is 2.73. The van der Waals surface area contributed by atoms with Crippen LogP contribution in [0.25, 0.3) is 0 Å². The van der Waals surface area contributed by atoms with Crippen LogP contribution >= 0.6 is 35.2 Å². The third-order valence-corrected chi connectivity index (χ3v) is 3.95. The van der Waals surface area contributed by atoms with Crippen molar-refractivity contribution in [2.24, 2.45) is 5.73 Å². The van der Waals surface area contributed by atoms with Crippen molar-refractivity contribution in [1.29, 1.82) is 0 Å². The van der Waals surface area contributed by atoms with Crippen LogP contribution in [0.15, 0.2) is 30.3 Å². The lowest BCUT2D eigenvalue weighted by molar-refractivity contribution is 1.19. The first-order chi connectivity index (χ1) is 8.56. The van der Waals surface area contributed by atoms with Gasteiger partial charge in [-0.3, -0.25) is 0 Å².